The van der Waals surface area contributed by atoms with Crippen LogP contribution in [0.25, 0.3) is 0 Å². The molecule has 32 heavy (non-hydrogen) atoms. The molecule has 0 heterocycles. The highest BCUT2D eigenvalue weighted by Gasteiger charge is 2.39. The Morgan fingerprint density at radius 2 is 1.50 bits per heavy atom. The number of esters is 1. The van der Waals surface area contributed by atoms with Crippen LogP contribution in [0.4, 0.5) is 0 Å². The lowest BCUT2D eigenvalue weighted by atomic mass is 9.85. The number of carbonyl (C=O) groups excluding carboxylic acids is 2. The van der Waals surface area contributed by atoms with E-state index in [9.17, 15) is 14.7 Å². The number of carbonyl (C=O) groups is 2. The third-order valence-corrected chi connectivity index (χ3v) is 4.63. The van der Waals surface area contributed by atoms with Crippen molar-refractivity contribution >= 4 is 18.1 Å². The fraction of sp³-hybridized carbons (Fsp3) is 0.160. The summed E-state index contributed by atoms with van der Waals surface area (Å²) in [5.41, 5.74) is 2.08. The Bertz CT molecular complexity index is 1010. The Kier molecular flexibility index (Phi) is 7.72. The maximum atomic E-state index is 13.0. The number of ether oxygens (including phenoxy) is 2. The van der Waals surface area contributed by atoms with E-state index in [0.29, 0.717) is 29.0 Å². The number of nitrogens with zero attached hydrogens (tertiary/aromatic N) is 1. The molecule has 0 aliphatic heterocycles. The van der Waals surface area contributed by atoms with Crippen molar-refractivity contribution < 1.29 is 24.2 Å². The van der Waals surface area contributed by atoms with Gasteiger partial charge in [0.2, 0.25) is 0 Å². The summed E-state index contributed by atoms with van der Waals surface area (Å²) in [6, 6.07) is 24.2. The summed E-state index contributed by atoms with van der Waals surface area (Å²) < 4.78 is 10.1. The summed E-state index contributed by atoms with van der Waals surface area (Å²) in [6.45, 7) is 1.85. The minimum atomic E-state index is -1.90. The Hall–Kier alpha value is -3.97. The van der Waals surface area contributed by atoms with Crippen molar-refractivity contribution in [3.63, 3.8) is 0 Å². The number of nitrogens with one attached hydrogen (secondary N) is 1. The number of hydrogen-bond acceptors (Lipinski definition) is 6. The van der Waals surface area contributed by atoms with Crippen LogP contribution < -0.4 is 10.2 Å². The second-order valence-corrected chi connectivity index (χ2v) is 6.80. The van der Waals surface area contributed by atoms with Gasteiger partial charge in [-0.3, -0.25) is 4.79 Å². The van der Waals surface area contributed by atoms with E-state index in [1.165, 1.54) is 6.21 Å². The molecule has 0 bridgehead atoms. The lowest BCUT2D eigenvalue weighted by molar-refractivity contribution is -0.145. The van der Waals surface area contributed by atoms with Crippen LogP contribution in [0.3, 0.4) is 0 Å². The van der Waals surface area contributed by atoms with Gasteiger partial charge in [0.25, 0.3) is 5.91 Å². The predicted octanol–water partition coefficient (Wildman–Crippen LogP) is 3.01. The van der Waals surface area contributed by atoms with E-state index in [0.717, 1.165) is 0 Å². The summed E-state index contributed by atoms with van der Waals surface area (Å²) in [6.07, 6.45) is 1.45. The molecule has 0 aliphatic carbocycles. The Balaban J connectivity index is 1.68. The van der Waals surface area contributed by atoms with Crippen LogP contribution in [-0.2, 0) is 19.9 Å². The molecule has 2 N–H and O–H groups in total. The number of hydrazone groups is 1. The van der Waals surface area contributed by atoms with Gasteiger partial charge in [0.1, 0.15) is 5.75 Å². The van der Waals surface area contributed by atoms with Gasteiger partial charge in [-0.2, -0.15) is 5.10 Å². The van der Waals surface area contributed by atoms with Crippen LogP contribution in [0.2, 0.25) is 0 Å². The number of rotatable bonds is 9. The molecule has 0 fully saturated rings. The highest BCUT2D eigenvalue weighted by atomic mass is 16.6. The van der Waals surface area contributed by atoms with Crippen molar-refractivity contribution in [3.05, 3.63) is 102 Å². The van der Waals surface area contributed by atoms with Crippen molar-refractivity contribution in [3.8, 4) is 5.75 Å². The van der Waals surface area contributed by atoms with E-state index in [1.54, 1.807) is 79.7 Å². The highest BCUT2D eigenvalue weighted by Crippen LogP contribution is 2.29. The molecule has 0 saturated heterocycles. The van der Waals surface area contributed by atoms with Crippen LogP contribution in [0.5, 0.6) is 5.75 Å². The lowest BCUT2D eigenvalue weighted by Gasteiger charge is -2.27. The summed E-state index contributed by atoms with van der Waals surface area (Å²) in [5.74, 6) is -0.618. The first-order chi connectivity index (χ1) is 15.5. The number of benzene rings is 3. The lowest BCUT2D eigenvalue weighted by Crippen LogP contribution is -2.43. The minimum absolute atomic E-state index is 0.172. The standard InChI is InChI=1S/C25H24N2O5/c1-2-31-23(28)18-32-22-15-13-19(14-16-22)17-26-27-24(29)25(30,20-9-5-3-6-10-20)21-11-7-4-8-12-21/h3-17,30H,2,18H2,1H3,(H,27,29). The van der Waals surface area contributed by atoms with E-state index in [4.69, 9.17) is 9.47 Å². The van der Waals surface area contributed by atoms with Crippen molar-refractivity contribution in [1.82, 2.24) is 5.43 Å². The zero-order chi connectivity index (χ0) is 22.8. The van der Waals surface area contributed by atoms with Crippen LogP contribution in [0, 0.1) is 0 Å². The molecule has 0 unspecified atom stereocenters. The molecule has 7 heteroatoms. The minimum Gasteiger partial charge on any atom is -0.482 e. The van der Waals surface area contributed by atoms with Gasteiger partial charge in [-0.1, -0.05) is 60.7 Å². The van der Waals surface area contributed by atoms with Gasteiger partial charge in [-0.25, -0.2) is 10.2 Å². The second kappa shape index (κ2) is 10.9. The quantitative estimate of drug-likeness (QED) is 0.308. The molecule has 164 valence electrons. The largest absolute Gasteiger partial charge is 0.482 e. The summed E-state index contributed by atoms with van der Waals surface area (Å²) in [7, 11) is 0. The second-order valence-electron chi connectivity index (χ2n) is 6.80. The van der Waals surface area contributed by atoms with Gasteiger partial charge in [0, 0.05) is 0 Å². The Morgan fingerprint density at radius 1 is 0.938 bits per heavy atom. The Labute approximate surface area is 186 Å². The number of hydrogen-bond donors (Lipinski definition) is 2. The van der Waals surface area contributed by atoms with Crippen LogP contribution in [0.15, 0.2) is 90.0 Å². The van der Waals surface area contributed by atoms with Gasteiger partial charge < -0.3 is 14.6 Å². The van der Waals surface area contributed by atoms with Crippen molar-refractivity contribution in [1.29, 1.82) is 0 Å². The van der Waals surface area contributed by atoms with Gasteiger partial charge >= 0.3 is 5.97 Å². The molecular formula is C25H24N2O5. The van der Waals surface area contributed by atoms with Crippen LogP contribution >= 0.6 is 0 Å². The first-order valence-corrected chi connectivity index (χ1v) is 10.1. The molecule has 1 amide bonds. The molecular weight excluding hydrogens is 408 g/mol. The molecule has 3 aromatic rings. The molecule has 0 saturated carbocycles. The van der Waals surface area contributed by atoms with E-state index in [-0.39, 0.29) is 6.61 Å². The number of aliphatic hydroxyl groups is 1. The first-order valence-electron chi connectivity index (χ1n) is 10.1. The summed E-state index contributed by atoms with van der Waals surface area (Å²) in [4.78, 5) is 24.3. The average molecular weight is 432 g/mol. The van der Waals surface area contributed by atoms with Gasteiger partial charge in [0.05, 0.1) is 12.8 Å². The molecule has 0 radical (unpaired) electrons. The summed E-state index contributed by atoms with van der Waals surface area (Å²) in [5, 5.41) is 15.3. The summed E-state index contributed by atoms with van der Waals surface area (Å²) >= 11 is 0. The smallest absolute Gasteiger partial charge is 0.344 e. The third kappa shape index (κ3) is 5.59. The Morgan fingerprint density at radius 3 is 2.03 bits per heavy atom. The molecule has 0 atom stereocenters. The fourth-order valence-electron chi connectivity index (χ4n) is 3.03. The zero-order valence-electron chi connectivity index (χ0n) is 17.6. The average Bonchev–Trinajstić information content (AvgIpc) is 2.84. The van der Waals surface area contributed by atoms with Crippen LogP contribution in [0.1, 0.15) is 23.6 Å². The zero-order valence-corrected chi connectivity index (χ0v) is 17.6. The predicted molar refractivity (Wildman–Crippen MR) is 120 cm³/mol. The molecule has 0 aromatic heterocycles. The molecule has 3 rings (SSSR count). The molecule has 3 aromatic carbocycles. The van der Waals surface area contributed by atoms with Crippen molar-refractivity contribution in [2.45, 2.75) is 12.5 Å². The molecule has 0 spiro atoms. The van der Waals surface area contributed by atoms with Gasteiger partial charge in [-0.15, -0.1) is 0 Å². The normalized spacial score (nSPS) is 11.2. The maximum absolute atomic E-state index is 13.0. The molecule has 7 nitrogen and oxygen atoms in total. The van der Waals surface area contributed by atoms with Crippen molar-refractivity contribution in [2.24, 2.45) is 5.10 Å². The van der Waals surface area contributed by atoms with Crippen LogP contribution in [-0.4, -0.2) is 36.4 Å². The van der Waals surface area contributed by atoms with E-state index >= 15 is 0 Å². The topological polar surface area (TPSA) is 97.2 Å². The van der Waals surface area contributed by atoms with E-state index < -0.39 is 17.5 Å². The third-order valence-electron chi connectivity index (χ3n) is 4.63. The monoisotopic (exact) mass is 432 g/mol. The fourth-order valence-corrected chi connectivity index (χ4v) is 3.03. The highest BCUT2D eigenvalue weighted by molar-refractivity contribution is 5.91. The van der Waals surface area contributed by atoms with Gasteiger partial charge in [-0.05, 0) is 47.9 Å². The van der Waals surface area contributed by atoms with Crippen molar-refractivity contribution in [2.75, 3.05) is 13.2 Å². The van der Waals surface area contributed by atoms with E-state index in [2.05, 4.69) is 10.5 Å². The number of amides is 1. The first kappa shape index (κ1) is 22.7. The maximum Gasteiger partial charge on any atom is 0.344 e. The SMILES string of the molecule is CCOC(=O)COc1ccc(C=NNC(=O)C(O)(c2ccccc2)c2ccccc2)cc1. The van der Waals surface area contributed by atoms with E-state index in [1.807, 2.05) is 12.1 Å². The van der Waals surface area contributed by atoms with Gasteiger partial charge in [0.15, 0.2) is 12.2 Å². The molecule has 0 aliphatic rings.